The minimum Gasteiger partial charge on any atom is -0.484 e. The molecule has 2 aromatic rings. The number of hydrogen-bond donors (Lipinski definition) is 2. The average Bonchev–Trinajstić information content (AvgIpc) is 2.63. The molecule has 3 aliphatic rings. The molecule has 3 saturated carbocycles. The second-order valence-corrected chi connectivity index (χ2v) is 8.19. The van der Waals surface area contributed by atoms with Crippen molar-refractivity contribution in [2.24, 2.45) is 5.41 Å². The standard InChI is InChI=1S/C21H19ClF2N2O3/c22-15-6-5-14(7-17(15)24)29-9-18(27)26-21-10-20(11-21,12-21)19(28)25-8-13-3-1-2-4-16(13)23/h1-7H,8-12H2,(H,25,28)(H,26,27). The lowest BCUT2D eigenvalue weighted by atomic mass is 9.39. The van der Waals surface area contributed by atoms with Crippen LogP contribution in [0.3, 0.4) is 0 Å². The molecule has 3 fully saturated rings. The third-order valence-corrected chi connectivity index (χ3v) is 5.88. The van der Waals surface area contributed by atoms with Gasteiger partial charge in [-0.25, -0.2) is 8.78 Å². The van der Waals surface area contributed by atoms with Crippen molar-refractivity contribution >= 4 is 23.4 Å². The predicted molar refractivity (Wildman–Crippen MR) is 102 cm³/mol. The van der Waals surface area contributed by atoms with Crippen LogP contribution in [0, 0.1) is 17.0 Å². The van der Waals surface area contributed by atoms with E-state index >= 15 is 0 Å². The van der Waals surface area contributed by atoms with Crippen molar-refractivity contribution in [1.82, 2.24) is 10.6 Å². The molecule has 0 aromatic heterocycles. The Morgan fingerprint density at radius 3 is 2.48 bits per heavy atom. The Bertz CT molecular complexity index is 962. The van der Waals surface area contributed by atoms with Crippen molar-refractivity contribution in [3.8, 4) is 5.75 Å². The summed E-state index contributed by atoms with van der Waals surface area (Å²) in [6.07, 6.45) is 1.64. The fraction of sp³-hybridized carbons (Fsp3) is 0.333. The Balaban J connectivity index is 1.22. The zero-order valence-corrected chi connectivity index (χ0v) is 16.2. The summed E-state index contributed by atoms with van der Waals surface area (Å²) in [6, 6.07) is 10.3. The second kappa shape index (κ2) is 7.30. The number of ether oxygens (including phenoxy) is 1. The van der Waals surface area contributed by atoms with Crippen molar-refractivity contribution in [3.63, 3.8) is 0 Å². The van der Waals surface area contributed by atoms with Crippen LogP contribution in [0.4, 0.5) is 8.78 Å². The smallest absolute Gasteiger partial charge is 0.258 e. The summed E-state index contributed by atoms with van der Waals surface area (Å²) in [7, 11) is 0. The van der Waals surface area contributed by atoms with Crippen LogP contribution in [-0.4, -0.2) is 24.0 Å². The first kappa shape index (κ1) is 19.6. The number of carbonyl (C=O) groups excluding carboxylic acids is 2. The lowest BCUT2D eigenvalue weighted by Gasteiger charge is -2.69. The van der Waals surface area contributed by atoms with Crippen LogP contribution in [0.1, 0.15) is 24.8 Å². The van der Waals surface area contributed by atoms with E-state index in [9.17, 15) is 18.4 Å². The highest BCUT2D eigenvalue weighted by atomic mass is 35.5. The maximum absolute atomic E-state index is 13.6. The van der Waals surface area contributed by atoms with Crippen molar-refractivity contribution in [2.75, 3.05) is 6.61 Å². The van der Waals surface area contributed by atoms with Crippen molar-refractivity contribution < 1.29 is 23.1 Å². The van der Waals surface area contributed by atoms with Gasteiger partial charge >= 0.3 is 0 Å². The molecule has 0 atom stereocenters. The minimum atomic E-state index is -0.618. The summed E-state index contributed by atoms with van der Waals surface area (Å²) in [5.41, 5.74) is -0.439. The molecule has 152 valence electrons. The van der Waals surface area contributed by atoms with Gasteiger partial charge in [0, 0.05) is 23.7 Å². The Morgan fingerprint density at radius 1 is 1.07 bits per heavy atom. The van der Waals surface area contributed by atoms with Crippen LogP contribution in [0.25, 0.3) is 0 Å². The number of hydrogen-bond acceptors (Lipinski definition) is 3. The maximum Gasteiger partial charge on any atom is 0.258 e. The highest BCUT2D eigenvalue weighted by Gasteiger charge is 2.72. The van der Waals surface area contributed by atoms with Gasteiger partial charge < -0.3 is 15.4 Å². The number of halogens is 3. The van der Waals surface area contributed by atoms with Gasteiger partial charge in [-0.05, 0) is 37.5 Å². The number of nitrogens with one attached hydrogen (secondary N) is 2. The summed E-state index contributed by atoms with van der Waals surface area (Å²) < 4.78 is 32.3. The first-order valence-electron chi connectivity index (χ1n) is 9.22. The Labute approximate surface area is 171 Å². The summed E-state index contributed by atoms with van der Waals surface area (Å²) in [4.78, 5) is 24.6. The van der Waals surface area contributed by atoms with Crippen LogP contribution < -0.4 is 15.4 Å². The quantitative estimate of drug-likeness (QED) is 0.721. The number of benzene rings is 2. The molecule has 8 heteroatoms. The zero-order valence-electron chi connectivity index (χ0n) is 15.4. The molecule has 5 rings (SSSR count). The maximum atomic E-state index is 13.6. The predicted octanol–water partition coefficient (Wildman–Crippen LogP) is 3.35. The summed E-state index contributed by atoms with van der Waals surface area (Å²) in [5.74, 6) is -1.21. The van der Waals surface area contributed by atoms with E-state index in [4.69, 9.17) is 16.3 Å². The van der Waals surface area contributed by atoms with E-state index in [1.54, 1.807) is 18.2 Å². The Hall–Kier alpha value is -2.67. The monoisotopic (exact) mass is 420 g/mol. The SMILES string of the molecule is O=C(COc1ccc(Cl)c(F)c1)NC12CC(C(=O)NCc3ccccc3F)(C1)C2. The van der Waals surface area contributed by atoms with Gasteiger partial charge in [-0.2, -0.15) is 0 Å². The van der Waals surface area contributed by atoms with Gasteiger partial charge in [0.1, 0.15) is 17.4 Å². The van der Waals surface area contributed by atoms with E-state index in [1.165, 1.54) is 18.2 Å². The first-order valence-corrected chi connectivity index (χ1v) is 9.59. The molecule has 2 bridgehead atoms. The van der Waals surface area contributed by atoms with Gasteiger partial charge in [-0.3, -0.25) is 9.59 Å². The first-order chi connectivity index (χ1) is 13.8. The van der Waals surface area contributed by atoms with Gasteiger partial charge in [0.15, 0.2) is 6.61 Å². The summed E-state index contributed by atoms with van der Waals surface area (Å²) in [6.45, 7) is -0.118. The fourth-order valence-electron chi connectivity index (χ4n) is 4.21. The lowest BCUT2D eigenvalue weighted by molar-refractivity contribution is -0.184. The Kier molecular flexibility index (Phi) is 4.94. The minimum absolute atomic E-state index is 0.0192. The Morgan fingerprint density at radius 2 is 1.79 bits per heavy atom. The molecule has 0 spiro atoms. The summed E-state index contributed by atoms with van der Waals surface area (Å²) >= 11 is 5.60. The second-order valence-electron chi connectivity index (χ2n) is 7.78. The van der Waals surface area contributed by atoms with Crippen LogP contribution in [0.5, 0.6) is 5.75 Å². The molecular weight excluding hydrogens is 402 g/mol. The molecule has 0 saturated heterocycles. The van der Waals surface area contributed by atoms with E-state index in [2.05, 4.69) is 10.6 Å². The van der Waals surface area contributed by atoms with Gasteiger partial charge in [0.25, 0.3) is 5.91 Å². The highest BCUT2D eigenvalue weighted by Crippen LogP contribution is 2.67. The zero-order chi connectivity index (χ0) is 20.6. The van der Waals surface area contributed by atoms with Gasteiger partial charge in [-0.1, -0.05) is 29.8 Å². The van der Waals surface area contributed by atoms with Crippen molar-refractivity contribution in [1.29, 1.82) is 0 Å². The highest BCUT2D eigenvalue weighted by molar-refractivity contribution is 6.30. The van der Waals surface area contributed by atoms with Gasteiger partial charge in [0.2, 0.25) is 5.91 Å². The molecule has 0 radical (unpaired) electrons. The molecule has 0 aliphatic heterocycles. The van der Waals surface area contributed by atoms with Crippen molar-refractivity contribution in [2.45, 2.75) is 31.3 Å². The van der Waals surface area contributed by atoms with Crippen LogP contribution >= 0.6 is 11.6 Å². The van der Waals surface area contributed by atoms with E-state index in [0.717, 1.165) is 6.07 Å². The largest absolute Gasteiger partial charge is 0.484 e. The van der Waals surface area contributed by atoms with E-state index in [1.807, 2.05) is 0 Å². The van der Waals surface area contributed by atoms with Crippen molar-refractivity contribution in [3.05, 3.63) is 64.7 Å². The fourth-order valence-corrected chi connectivity index (χ4v) is 4.33. The van der Waals surface area contributed by atoms with E-state index < -0.39 is 11.2 Å². The van der Waals surface area contributed by atoms with Crippen LogP contribution in [0.15, 0.2) is 42.5 Å². The molecule has 0 unspecified atom stereocenters. The van der Waals surface area contributed by atoms with E-state index in [-0.39, 0.29) is 47.1 Å². The topological polar surface area (TPSA) is 67.4 Å². The number of carbonyl (C=O) groups is 2. The molecule has 3 aliphatic carbocycles. The normalized spacial score (nSPS) is 24.1. The molecule has 2 aromatic carbocycles. The lowest BCUT2D eigenvalue weighted by Crippen LogP contribution is -2.78. The van der Waals surface area contributed by atoms with E-state index in [0.29, 0.717) is 24.8 Å². The number of rotatable bonds is 7. The number of amides is 2. The third kappa shape index (κ3) is 3.79. The molecule has 5 nitrogen and oxygen atoms in total. The third-order valence-electron chi connectivity index (χ3n) is 5.57. The molecular formula is C21H19ClF2N2O3. The molecule has 29 heavy (non-hydrogen) atoms. The molecule has 2 N–H and O–H groups in total. The average molecular weight is 421 g/mol. The molecule has 0 heterocycles. The molecule has 2 amide bonds. The van der Waals surface area contributed by atoms with Gasteiger partial charge in [0.05, 0.1) is 10.4 Å². The van der Waals surface area contributed by atoms with Crippen LogP contribution in [-0.2, 0) is 16.1 Å². The summed E-state index contributed by atoms with van der Waals surface area (Å²) in [5, 5.41) is 5.66. The van der Waals surface area contributed by atoms with Crippen LogP contribution in [0.2, 0.25) is 5.02 Å². The van der Waals surface area contributed by atoms with Gasteiger partial charge in [-0.15, -0.1) is 0 Å².